The fourth-order valence-corrected chi connectivity index (χ4v) is 4.48. The molecule has 34 heavy (non-hydrogen) atoms. The summed E-state index contributed by atoms with van der Waals surface area (Å²) in [7, 11) is 4.48. The summed E-state index contributed by atoms with van der Waals surface area (Å²) in [4.78, 5) is 31.1. The predicted molar refractivity (Wildman–Crippen MR) is 131 cm³/mol. The third-order valence-corrected chi connectivity index (χ3v) is 6.42. The van der Waals surface area contributed by atoms with Gasteiger partial charge in [0.1, 0.15) is 0 Å². The lowest BCUT2D eigenvalue weighted by Gasteiger charge is -2.18. The fourth-order valence-electron chi connectivity index (χ4n) is 3.70. The van der Waals surface area contributed by atoms with Crippen LogP contribution in [0.5, 0.6) is 11.5 Å². The van der Waals surface area contributed by atoms with Crippen LogP contribution in [0.2, 0.25) is 0 Å². The molecule has 0 saturated heterocycles. The van der Waals surface area contributed by atoms with Crippen molar-refractivity contribution in [2.24, 2.45) is 0 Å². The van der Waals surface area contributed by atoms with Crippen molar-refractivity contribution in [1.29, 1.82) is 0 Å². The number of carbonyl (C=O) groups is 2. The number of rotatable bonds is 8. The summed E-state index contributed by atoms with van der Waals surface area (Å²) in [5.41, 5.74) is 2.54. The van der Waals surface area contributed by atoms with Crippen LogP contribution in [0.25, 0.3) is 22.2 Å². The number of hydrogen-bond donors (Lipinski definition) is 1. The van der Waals surface area contributed by atoms with Gasteiger partial charge in [-0.2, -0.15) is 0 Å². The molecule has 0 aliphatic carbocycles. The van der Waals surface area contributed by atoms with Gasteiger partial charge in [-0.15, -0.1) is 11.3 Å². The van der Waals surface area contributed by atoms with E-state index in [-0.39, 0.29) is 12.3 Å². The fraction of sp³-hybridized carbons (Fsp3) is 0.192. The molecule has 4 aromatic rings. The molecule has 1 N–H and O–H groups in total. The first-order valence-electron chi connectivity index (χ1n) is 10.6. The maximum Gasteiger partial charge on any atom is 0.307 e. The summed E-state index contributed by atoms with van der Waals surface area (Å²) < 4.78 is 15.6. The van der Waals surface area contributed by atoms with Crippen molar-refractivity contribution in [3.63, 3.8) is 0 Å². The number of esters is 1. The van der Waals surface area contributed by atoms with Crippen molar-refractivity contribution >= 4 is 34.1 Å². The Balaban J connectivity index is 1.76. The predicted octanol–water partition coefficient (Wildman–Crippen LogP) is 5.01. The Labute approximate surface area is 201 Å². The van der Waals surface area contributed by atoms with Crippen LogP contribution in [0, 0.1) is 0 Å². The molecule has 2 aromatic carbocycles. The molecule has 0 bridgehead atoms. The number of benzene rings is 2. The lowest BCUT2D eigenvalue weighted by atomic mass is 10.0. The number of pyridine rings is 1. The number of ether oxygens (including phenoxy) is 3. The van der Waals surface area contributed by atoms with Crippen molar-refractivity contribution < 1.29 is 23.8 Å². The van der Waals surface area contributed by atoms with E-state index in [4.69, 9.17) is 19.2 Å². The lowest BCUT2D eigenvalue weighted by Crippen LogP contribution is -2.30. The van der Waals surface area contributed by atoms with Gasteiger partial charge in [0.2, 0.25) is 0 Å². The maximum absolute atomic E-state index is 13.5. The minimum atomic E-state index is -0.503. The van der Waals surface area contributed by atoms with Gasteiger partial charge in [0.15, 0.2) is 11.5 Å². The number of nitrogens with zero attached hydrogens (tertiary/aromatic N) is 1. The van der Waals surface area contributed by atoms with Gasteiger partial charge in [-0.05, 0) is 41.8 Å². The van der Waals surface area contributed by atoms with E-state index in [1.807, 2.05) is 53.9 Å². The van der Waals surface area contributed by atoms with Gasteiger partial charge in [0.05, 0.1) is 50.6 Å². The van der Waals surface area contributed by atoms with Crippen LogP contribution in [-0.2, 0) is 9.53 Å². The van der Waals surface area contributed by atoms with E-state index in [2.05, 4.69) is 5.32 Å². The van der Waals surface area contributed by atoms with Gasteiger partial charge in [-0.1, -0.05) is 24.3 Å². The minimum absolute atomic E-state index is 0.0360. The summed E-state index contributed by atoms with van der Waals surface area (Å²) >= 11 is 1.47. The van der Waals surface area contributed by atoms with Crippen LogP contribution >= 0.6 is 11.3 Å². The Hall–Kier alpha value is -3.91. The molecule has 0 aliphatic heterocycles. The van der Waals surface area contributed by atoms with Crippen molar-refractivity contribution in [3.8, 4) is 22.8 Å². The van der Waals surface area contributed by atoms with Gasteiger partial charge >= 0.3 is 5.97 Å². The molecule has 1 amide bonds. The van der Waals surface area contributed by atoms with Crippen LogP contribution in [0.1, 0.15) is 27.7 Å². The number of amides is 1. The second kappa shape index (κ2) is 10.4. The van der Waals surface area contributed by atoms with E-state index in [0.29, 0.717) is 33.7 Å². The standard InChI is InChI=1S/C26H24N2O5S/c1-31-22-11-10-16(13-23(22)32-2)20-14-18(17-7-4-5-8-19(17)27-20)26(30)28-21(15-25(29)33-3)24-9-6-12-34-24/h4-14,21H,15H2,1-3H3,(H,28,30). The van der Waals surface area contributed by atoms with Crippen LogP contribution in [-0.4, -0.2) is 38.2 Å². The highest BCUT2D eigenvalue weighted by atomic mass is 32.1. The summed E-state index contributed by atoms with van der Waals surface area (Å²) in [6.45, 7) is 0. The Kier molecular flexibility index (Phi) is 7.08. The summed E-state index contributed by atoms with van der Waals surface area (Å²) in [6.07, 6.45) is 0.0360. The monoisotopic (exact) mass is 476 g/mol. The van der Waals surface area contributed by atoms with Gasteiger partial charge in [-0.3, -0.25) is 9.59 Å². The van der Waals surface area contributed by atoms with E-state index in [9.17, 15) is 9.59 Å². The highest BCUT2D eigenvalue weighted by molar-refractivity contribution is 7.10. The van der Waals surface area contributed by atoms with E-state index in [1.54, 1.807) is 26.4 Å². The molecular formula is C26H24N2O5S. The summed E-state index contributed by atoms with van der Waals surface area (Å²) in [6, 6.07) is 18.0. The van der Waals surface area contributed by atoms with Crippen molar-refractivity contribution in [3.05, 3.63) is 76.5 Å². The highest BCUT2D eigenvalue weighted by Crippen LogP contribution is 2.33. The molecule has 0 saturated carbocycles. The van der Waals surface area contributed by atoms with E-state index >= 15 is 0 Å². The Morgan fingerprint density at radius 3 is 2.47 bits per heavy atom. The third-order valence-electron chi connectivity index (χ3n) is 5.43. The molecule has 8 heteroatoms. The Morgan fingerprint density at radius 2 is 1.76 bits per heavy atom. The zero-order chi connectivity index (χ0) is 24.1. The number of hydrogen-bond acceptors (Lipinski definition) is 7. The molecule has 2 aromatic heterocycles. The second-order valence-corrected chi connectivity index (χ2v) is 8.44. The average Bonchev–Trinajstić information content (AvgIpc) is 3.42. The smallest absolute Gasteiger partial charge is 0.307 e. The number of carbonyl (C=O) groups excluding carboxylic acids is 2. The third kappa shape index (κ3) is 4.87. The summed E-state index contributed by atoms with van der Waals surface area (Å²) in [5, 5.41) is 5.63. The first-order valence-corrected chi connectivity index (χ1v) is 11.4. The number of thiophene rings is 1. The maximum atomic E-state index is 13.5. The van der Waals surface area contributed by atoms with Crippen molar-refractivity contribution in [2.75, 3.05) is 21.3 Å². The van der Waals surface area contributed by atoms with Crippen LogP contribution in [0.4, 0.5) is 0 Å². The quantitative estimate of drug-likeness (QED) is 0.360. The lowest BCUT2D eigenvalue weighted by molar-refractivity contribution is -0.141. The van der Waals surface area contributed by atoms with Gasteiger partial charge < -0.3 is 19.5 Å². The van der Waals surface area contributed by atoms with Crippen molar-refractivity contribution in [2.45, 2.75) is 12.5 Å². The van der Waals surface area contributed by atoms with Gasteiger partial charge in [0.25, 0.3) is 5.91 Å². The van der Waals surface area contributed by atoms with Gasteiger partial charge in [0, 0.05) is 15.8 Å². The van der Waals surface area contributed by atoms with E-state index < -0.39 is 12.0 Å². The molecule has 0 radical (unpaired) electrons. The number of nitrogens with one attached hydrogen (secondary N) is 1. The normalized spacial score (nSPS) is 11.6. The number of para-hydroxylation sites is 1. The first-order chi connectivity index (χ1) is 16.5. The molecule has 0 aliphatic rings. The summed E-state index contributed by atoms with van der Waals surface area (Å²) in [5.74, 6) is 0.468. The Bertz CT molecular complexity index is 1320. The Morgan fingerprint density at radius 1 is 0.971 bits per heavy atom. The number of aromatic nitrogens is 1. The molecular weight excluding hydrogens is 452 g/mol. The molecule has 0 fully saturated rings. The largest absolute Gasteiger partial charge is 0.493 e. The van der Waals surface area contributed by atoms with Crippen LogP contribution in [0.3, 0.4) is 0 Å². The van der Waals surface area contributed by atoms with E-state index in [0.717, 1.165) is 10.4 Å². The average molecular weight is 477 g/mol. The molecule has 4 rings (SSSR count). The van der Waals surface area contributed by atoms with Gasteiger partial charge in [-0.25, -0.2) is 4.98 Å². The molecule has 174 valence electrons. The molecule has 1 atom stereocenters. The van der Waals surface area contributed by atoms with E-state index in [1.165, 1.54) is 18.4 Å². The zero-order valence-electron chi connectivity index (χ0n) is 19.0. The molecule has 2 heterocycles. The minimum Gasteiger partial charge on any atom is -0.493 e. The molecule has 7 nitrogen and oxygen atoms in total. The SMILES string of the molecule is COC(=O)CC(NC(=O)c1cc(-c2ccc(OC)c(OC)c2)nc2ccccc12)c1cccs1. The van der Waals surface area contributed by atoms with Crippen LogP contribution in [0.15, 0.2) is 66.0 Å². The number of methoxy groups -OCH3 is 3. The molecule has 1 unspecified atom stereocenters. The van der Waals surface area contributed by atoms with Crippen molar-refractivity contribution in [1.82, 2.24) is 10.3 Å². The zero-order valence-corrected chi connectivity index (χ0v) is 19.8. The highest BCUT2D eigenvalue weighted by Gasteiger charge is 2.22. The molecule has 0 spiro atoms. The topological polar surface area (TPSA) is 86.8 Å². The number of fused-ring (bicyclic) bond motifs is 1. The first kappa shape index (κ1) is 23.3. The van der Waals surface area contributed by atoms with Crippen LogP contribution < -0.4 is 14.8 Å². The second-order valence-electron chi connectivity index (χ2n) is 7.46.